The number of hydrogen-bond donors (Lipinski definition) is 2. The molecule has 0 radical (unpaired) electrons. The molecular weight excluding hydrogens is 468 g/mol. The third-order valence-corrected chi connectivity index (χ3v) is 6.54. The van der Waals surface area contributed by atoms with Crippen LogP contribution in [0.2, 0.25) is 0 Å². The molecule has 0 spiro atoms. The molecule has 2 aromatic heterocycles. The Morgan fingerprint density at radius 1 is 1.08 bits per heavy atom. The molecule has 1 unspecified atom stereocenters. The number of fused-ring (bicyclic) bond motifs is 2. The number of nitriles is 1. The van der Waals surface area contributed by atoms with Crippen molar-refractivity contribution in [1.82, 2.24) is 9.78 Å². The summed E-state index contributed by atoms with van der Waals surface area (Å²) in [5.41, 5.74) is 9.20. The van der Waals surface area contributed by atoms with Crippen LogP contribution in [0.15, 0.2) is 94.7 Å². The molecule has 37 heavy (non-hydrogen) atoms. The molecule has 6 rings (SSSR count). The van der Waals surface area contributed by atoms with Gasteiger partial charge in [-0.3, -0.25) is 0 Å². The number of furan rings is 1. The predicted octanol–water partition coefficient (Wildman–Crippen LogP) is 5.51. The van der Waals surface area contributed by atoms with Crippen LogP contribution in [0.1, 0.15) is 33.3 Å². The zero-order valence-electron chi connectivity index (χ0n) is 19.7. The fourth-order valence-electron chi connectivity index (χ4n) is 4.84. The lowest BCUT2D eigenvalue weighted by Crippen LogP contribution is -2.21. The number of nitrogens with zero attached hydrogens (tertiary/aromatic N) is 3. The number of ether oxygens (including phenoxy) is 1. The molecule has 8 nitrogen and oxygen atoms in total. The van der Waals surface area contributed by atoms with Gasteiger partial charge in [-0.15, -0.1) is 0 Å². The number of hydrogen-bond acceptors (Lipinski definition) is 6. The maximum atomic E-state index is 11.5. The number of aryl methyl sites for hydroxylation is 1. The van der Waals surface area contributed by atoms with Gasteiger partial charge in [-0.2, -0.15) is 10.4 Å². The number of carboxylic acids is 1. The molecule has 3 N–H and O–H groups in total. The average Bonchev–Trinajstić information content (AvgIpc) is 3.52. The summed E-state index contributed by atoms with van der Waals surface area (Å²) in [6.45, 7) is 1.80. The molecule has 1 aliphatic heterocycles. The first kappa shape index (κ1) is 22.2. The standard InChI is InChI=1S/C29H20N4O4/c1-16-25-26(24-13-12-23(36-24)21-11-5-7-17-6-2-3-10-20(17)21)22(15-30)27(31)37-28(25)33(32-16)19-9-4-8-18(14-19)29(34)35/h2-14,26H,31H2,1H3,(H,34,35). The van der Waals surface area contributed by atoms with E-state index in [1.165, 1.54) is 16.8 Å². The minimum Gasteiger partial charge on any atom is -0.478 e. The van der Waals surface area contributed by atoms with E-state index in [2.05, 4.69) is 11.2 Å². The van der Waals surface area contributed by atoms with E-state index in [0.29, 0.717) is 34.3 Å². The van der Waals surface area contributed by atoms with E-state index in [-0.39, 0.29) is 17.0 Å². The summed E-state index contributed by atoms with van der Waals surface area (Å²) in [5, 5.41) is 26.2. The Bertz CT molecular complexity index is 1780. The summed E-state index contributed by atoms with van der Waals surface area (Å²) in [6.07, 6.45) is 0. The lowest BCUT2D eigenvalue weighted by atomic mass is 9.88. The van der Waals surface area contributed by atoms with Crippen LogP contribution in [0.3, 0.4) is 0 Å². The maximum Gasteiger partial charge on any atom is 0.335 e. The number of aromatic carboxylic acids is 1. The van der Waals surface area contributed by atoms with Crippen molar-refractivity contribution in [2.75, 3.05) is 0 Å². The molecule has 5 aromatic rings. The van der Waals surface area contributed by atoms with E-state index in [9.17, 15) is 15.2 Å². The van der Waals surface area contributed by atoms with Gasteiger partial charge in [-0.25, -0.2) is 9.48 Å². The van der Waals surface area contributed by atoms with Crippen LogP contribution in [0.5, 0.6) is 5.88 Å². The van der Waals surface area contributed by atoms with E-state index < -0.39 is 11.9 Å². The molecule has 180 valence electrons. The van der Waals surface area contributed by atoms with Crippen molar-refractivity contribution in [3.63, 3.8) is 0 Å². The van der Waals surface area contributed by atoms with Gasteiger partial charge in [0.05, 0.1) is 28.4 Å². The SMILES string of the molecule is Cc1nn(-c2cccc(C(=O)O)c2)c2c1C(c1ccc(-c3cccc4ccccc34)o1)C(C#N)=C(N)O2. The van der Waals surface area contributed by atoms with Gasteiger partial charge >= 0.3 is 5.97 Å². The van der Waals surface area contributed by atoms with Gasteiger partial charge in [-0.05, 0) is 48.0 Å². The number of carboxylic acid groups (broad SMARTS) is 1. The van der Waals surface area contributed by atoms with E-state index in [1.807, 2.05) is 54.6 Å². The zero-order chi connectivity index (χ0) is 25.7. The number of benzene rings is 3. The van der Waals surface area contributed by atoms with Gasteiger partial charge in [0.15, 0.2) is 0 Å². The molecule has 3 heterocycles. The van der Waals surface area contributed by atoms with Gasteiger partial charge in [0.1, 0.15) is 23.2 Å². The van der Waals surface area contributed by atoms with Crippen LogP contribution in [0.4, 0.5) is 0 Å². The maximum absolute atomic E-state index is 11.5. The van der Waals surface area contributed by atoms with Crippen molar-refractivity contribution < 1.29 is 19.1 Å². The quantitative estimate of drug-likeness (QED) is 0.341. The van der Waals surface area contributed by atoms with Crippen LogP contribution >= 0.6 is 0 Å². The second-order valence-electron chi connectivity index (χ2n) is 8.73. The third-order valence-electron chi connectivity index (χ3n) is 6.54. The first-order valence-electron chi connectivity index (χ1n) is 11.5. The first-order chi connectivity index (χ1) is 18.0. The Morgan fingerprint density at radius 2 is 1.86 bits per heavy atom. The molecule has 1 atom stereocenters. The lowest BCUT2D eigenvalue weighted by Gasteiger charge is -2.23. The predicted molar refractivity (Wildman–Crippen MR) is 136 cm³/mol. The van der Waals surface area contributed by atoms with Crippen LogP contribution < -0.4 is 10.5 Å². The fraction of sp³-hybridized carbons (Fsp3) is 0.0690. The van der Waals surface area contributed by atoms with Crippen molar-refractivity contribution in [2.45, 2.75) is 12.8 Å². The highest BCUT2D eigenvalue weighted by Gasteiger charge is 2.38. The van der Waals surface area contributed by atoms with Crippen molar-refractivity contribution in [3.8, 4) is 29.0 Å². The molecule has 8 heteroatoms. The number of allylic oxidation sites excluding steroid dienone is 1. The summed E-state index contributed by atoms with van der Waals surface area (Å²) in [5.74, 6) is -0.262. The molecule has 0 aliphatic carbocycles. The summed E-state index contributed by atoms with van der Waals surface area (Å²) in [6, 6.07) is 26.3. The highest BCUT2D eigenvalue weighted by atomic mass is 16.5. The third kappa shape index (κ3) is 3.53. The Kier molecular flexibility index (Phi) is 5.06. The summed E-state index contributed by atoms with van der Waals surface area (Å²) in [4.78, 5) is 11.5. The topological polar surface area (TPSA) is 127 Å². The van der Waals surface area contributed by atoms with Gasteiger partial charge in [-0.1, -0.05) is 48.5 Å². The summed E-state index contributed by atoms with van der Waals surface area (Å²) >= 11 is 0. The lowest BCUT2D eigenvalue weighted by molar-refractivity contribution is 0.0697. The van der Waals surface area contributed by atoms with E-state index in [4.69, 9.17) is 14.9 Å². The highest BCUT2D eigenvalue weighted by molar-refractivity contribution is 5.95. The largest absolute Gasteiger partial charge is 0.478 e. The van der Waals surface area contributed by atoms with Crippen molar-refractivity contribution in [1.29, 1.82) is 5.26 Å². The second kappa shape index (κ2) is 8.43. The number of aromatic nitrogens is 2. The van der Waals surface area contributed by atoms with E-state index >= 15 is 0 Å². The first-order valence-corrected chi connectivity index (χ1v) is 11.5. The van der Waals surface area contributed by atoms with Crippen LogP contribution in [-0.4, -0.2) is 20.9 Å². The normalized spacial score (nSPS) is 14.8. The van der Waals surface area contributed by atoms with Gasteiger partial charge in [0.25, 0.3) is 0 Å². The van der Waals surface area contributed by atoms with Gasteiger partial charge in [0, 0.05) is 5.56 Å². The van der Waals surface area contributed by atoms with Crippen molar-refractivity contribution in [2.24, 2.45) is 5.73 Å². The van der Waals surface area contributed by atoms with Crippen LogP contribution in [-0.2, 0) is 0 Å². The van der Waals surface area contributed by atoms with Gasteiger partial charge < -0.3 is 20.0 Å². The molecule has 0 amide bonds. The Balaban J connectivity index is 1.50. The fourth-order valence-corrected chi connectivity index (χ4v) is 4.84. The Hall–Kier alpha value is -5.29. The molecule has 0 fully saturated rings. The van der Waals surface area contributed by atoms with Crippen molar-refractivity contribution in [3.05, 3.63) is 113 Å². The van der Waals surface area contributed by atoms with E-state index in [0.717, 1.165) is 16.3 Å². The number of carbonyl (C=O) groups is 1. The highest BCUT2D eigenvalue weighted by Crippen LogP contribution is 2.46. The molecule has 0 saturated carbocycles. The second-order valence-corrected chi connectivity index (χ2v) is 8.73. The summed E-state index contributed by atoms with van der Waals surface area (Å²) in [7, 11) is 0. The smallest absolute Gasteiger partial charge is 0.335 e. The number of rotatable bonds is 4. The Morgan fingerprint density at radius 3 is 2.68 bits per heavy atom. The molecule has 0 bridgehead atoms. The summed E-state index contributed by atoms with van der Waals surface area (Å²) < 4.78 is 13.8. The monoisotopic (exact) mass is 488 g/mol. The van der Waals surface area contributed by atoms with Crippen molar-refractivity contribution >= 4 is 16.7 Å². The minimum atomic E-state index is -1.05. The zero-order valence-corrected chi connectivity index (χ0v) is 19.7. The van der Waals surface area contributed by atoms with Crippen LogP contribution in [0.25, 0.3) is 27.8 Å². The van der Waals surface area contributed by atoms with E-state index in [1.54, 1.807) is 19.1 Å². The Labute approximate surface area is 211 Å². The molecule has 3 aromatic carbocycles. The number of nitrogens with two attached hydrogens (primary N) is 1. The van der Waals surface area contributed by atoms with Crippen LogP contribution in [0, 0.1) is 18.3 Å². The molecule has 0 saturated heterocycles. The van der Waals surface area contributed by atoms with Gasteiger partial charge in [0.2, 0.25) is 11.8 Å². The molecular formula is C29H20N4O4. The molecule has 1 aliphatic rings. The average molecular weight is 489 g/mol. The minimum absolute atomic E-state index is 0.0568.